The smallest absolute Gasteiger partial charge is 0.255 e. The van der Waals surface area contributed by atoms with Gasteiger partial charge in [0.1, 0.15) is 17.8 Å². The van der Waals surface area contributed by atoms with Crippen LogP contribution in [0.15, 0.2) is 94.8 Å². The van der Waals surface area contributed by atoms with Crippen molar-refractivity contribution in [1.29, 1.82) is 0 Å². The van der Waals surface area contributed by atoms with E-state index in [1.807, 2.05) is 47.4 Å². The van der Waals surface area contributed by atoms with Crippen molar-refractivity contribution in [2.45, 2.75) is 6.17 Å². The lowest BCUT2D eigenvalue weighted by Crippen LogP contribution is -2.42. The quantitative estimate of drug-likeness (QED) is 0.475. The van der Waals surface area contributed by atoms with Crippen molar-refractivity contribution in [1.82, 2.24) is 4.98 Å². The van der Waals surface area contributed by atoms with E-state index in [4.69, 9.17) is 19.9 Å². The fraction of sp³-hybridized carbons (Fsp3) is 0.0800. The summed E-state index contributed by atoms with van der Waals surface area (Å²) < 4.78 is 10.8. The third-order valence-electron chi connectivity index (χ3n) is 5.38. The van der Waals surface area contributed by atoms with Gasteiger partial charge in [0.2, 0.25) is 5.88 Å². The van der Waals surface area contributed by atoms with E-state index in [2.05, 4.69) is 10.3 Å². The van der Waals surface area contributed by atoms with Gasteiger partial charge in [-0.15, -0.1) is 0 Å². The number of pyridine rings is 1. The van der Waals surface area contributed by atoms with Crippen molar-refractivity contribution in [3.8, 4) is 5.75 Å². The SMILES string of the molecule is COc1ccc(N2C(c3cccc(C(=O)Nc4ccncc4)c3)=Nc3occc3C2N)cc1. The number of methoxy groups -OCH3 is 1. The van der Waals surface area contributed by atoms with E-state index >= 15 is 0 Å². The number of hydrogen-bond acceptors (Lipinski definition) is 7. The highest BCUT2D eigenvalue weighted by Crippen LogP contribution is 2.38. The number of benzene rings is 2. The van der Waals surface area contributed by atoms with Crippen molar-refractivity contribution < 1.29 is 13.9 Å². The third-order valence-corrected chi connectivity index (χ3v) is 5.38. The summed E-state index contributed by atoms with van der Waals surface area (Å²) in [6.45, 7) is 0. The van der Waals surface area contributed by atoms with Gasteiger partial charge in [0, 0.05) is 34.9 Å². The molecule has 4 aromatic rings. The molecule has 2 aromatic carbocycles. The zero-order valence-electron chi connectivity index (χ0n) is 17.8. The molecule has 164 valence electrons. The Kier molecular flexibility index (Phi) is 5.34. The van der Waals surface area contributed by atoms with Crippen LogP contribution in [0, 0.1) is 0 Å². The van der Waals surface area contributed by atoms with Crippen LogP contribution in [0.5, 0.6) is 5.75 Å². The van der Waals surface area contributed by atoms with Crippen LogP contribution in [0.3, 0.4) is 0 Å². The van der Waals surface area contributed by atoms with Gasteiger partial charge < -0.3 is 25.1 Å². The highest BCUT2D eigenvalue weighted by atomic mass is 16.5. The third kappa shape index (κ3) is 3.95. The molecule has 1 atom stereocenters. The molecule has 1 aliphatic rings. The summed E-state index contributed by atoms with van der Waals surface area (Å²) in [7, 11) is 1.62. The Bertz CT molecular complexity index is 1320. The summed E-state index contributed by atoms with van der Waals surface area (Å²) in [6.07, 6.45) is 4.30. The Morgan fingerprint density at radius 3 is 2.64 bits per heavy atom. The Balaban J connectivity index is 1.54. The molecule has 3 N–H and O–H groups in total. The van der Waals surface area contributed by atoms with Gasteiger partial charge in [-0.3, -0.25) is 9.78 Å². The average Bonchev–Trinajstić information content (AvgIpc) is 3.34. The van der Waals surface area contributed by atoms with Gasteiger partial charge in [0.15, 0.2) is 0 Å². The number of aliphatic imine (C=N–C) groups is 1. The lowest BCUT2D eigenvalue weighted by molar-refractivity contribution is 0.102. The first-order chi connectivity index (χ1) is 16.1. The van der Waals surface area contributed by atoms with Gasteiger partial charge in [-0.1, -0.05) is 12.1 Å². The lowest BCUT2D eigenvalue weighted by Gasteiger charge is -2.34. The van der Waals surface area contributed by atoms with Crippen LogP contribution >= 0.6 is 0 Å². The molecule has 8 nitrogen and oxygen atoms in total. The van der Waals surface area contributed by atoms with E-state index in [9.17, 15) is 4.79 Å². The number of amidine groups is 1. The van der Waals surface area contributed by atoms with Gasteiger partial charge >= 0.3 is 0 Å². The Morgan fingerprint density at radius 2 is 1.88 bits per heavy atom. The lowest BCUT2D eigenvalue weighted by atomic mass is 10.0. The van der Waals surface area contributed by atoms with Crippen molar-refractivity contribution in [3.63, 3.8) is 0 Å². The number of ether oxygens (including phenoxy) is 1. The second kappa shape index (κ2) is 8.60. The minimum absolute atomic E-state index is 0.238. The summed E-state index contributed by atoms with van der Waals surface area (Å²) >= 11 is 0. The number of anilines is 2. The monoisotopic (exact) mass is 439 g/mol. The second-order valence-corrected chi connectivity index (χ2v) is 7.40. The number of nitrogens with one attached hydrogen (secondary N) is 1. The average molecular weight is 439 g/mol. The maximum Gasteiger partial charge on any atom is 0.255 e. The molecule has 1 aliphatic heterocycles. The van der Waals surface area contributed by atoms with Gasteiger partial charge in [-0.25, -0.2) is 0 Å². The van der Waals surface area contributed by atoms with E-state index in [-0.39, 0.29) is 5.91 Å². The first-order valence-corrected chi connectivity index (χ1v) is 10.3. The van der Waals surface area contributed by atoms with Gasteiger partial charge in [0.05, 0.1) is 18.9 Å². The molecule has 0 bridgehead atoms. The van der Waals surface area contributed by atoms with Crippen molar-refractivity contribution in [2.24, 2.45) is 10.7 Å². The van der Waals surface area contributed by atoms with Crippen LogP contribution in [0.25, 0.3) is 0 Å². The second-order valence-electron chi connectivity index (χ2n) is 7.40. The first kappa shape index (κ1) is 20.5. The molecule has 0 saturated carbocycles. The fourth-order valence-corrected chi connectivity index (χ4v) is 3.72. The van der Waals surface area contributed by atoms with Crippen LogP contribution < -0.4 is 20.7 Å². The van der Waals surface area contributed by atoms with Gasteiger partial charge in [0.25, 0.3) is 5.91 Å². The molecule has 0 radical (unpaired) electrons. The Morgan fingerprint density at radius 1 is 1.09 bits per heavy atom. The molecule has 8 heteroatoms. The molecule has 0 spiro atoms. The predicted molar refractivity (Wildman–Crippen MR) is 126 cm³/mol. The molecule has 0 aliphatic carbocycles. The maximum absolute atomic E-state index is 12.9. The van der Waals surface area contributed by atoms with Crippen LogP contribution in [0.1, 0.15) is 27.7 Å². The Hall–Kier alpha value is -4.43. The number of rotatable bonds is 5. The van der Waals surface area contributed by atoms with E-state index < -0.39 is 6.17 Å². The molecular weight excluding hydrogens is 418 g/mol. The number of fused-ring (bicyclic) bond motifs is 1. The molecule has 33 heavy (non-hydrogen) atoms. The summed E-state index contributed by atoms with van der Waals surface area (Å²) in [4.78, 5) is 23.5. The topological polar surface area (TPSA) is 106 Å². The standard InChI is InChI=1S/C25H21N5O3/c1-32-20-7-5-19(6-8-20)30-22(26)21-11-14-33-25(21)29-23(30)16-3-2-4-17(15-16)24(31)28-18-9-12-27-13-10-18/h2-15,22H,26H2,1H3,(H,27,28,31). The normalized spacial score (nSPS) is 14.9. The number of nitrogens with two attached hydrogens (primary N) is 1. The van der Waals surface area contributed by atoms with E-state index in [1.165, 1.54) is 0 Å². The highest BCUT2D eigenvalue weighted by Gasteiger charge is 2.31. The molecule has 1 amide bonds. The van der Waals surface area contributed by atoms with E-state index in [0.717, 1.165) is 22.6 Å². The zero-order chi connectivity index (χ0) is 22.8. The molecule has 1 unspecified atom stereocenters. The number of amides is 1. The maximum atomic E-state index is 12.9. The van der Waals surface area contributed by atoms with Crippen LogP contribution in [-0.4, -0.2) is 23.8 Å². The molecular formula is C25H21N5O3. The summed E-state index contributed by atoms with van der Waals surface area (Å²) in [5, 5.41) is 2.87. The number of aromatic nitrogens is 1. The Labute approximate surface area is 190 Å². The highest BCUT2D eigenvalue weighted by molar-refractivity contribution is 6.14. The number of carbonyl (C=O) groups excluding carboxylic acids is 1. The van der Waals surface area contributed by atoms with Crippen LogP contribution in [0.4, 0.5) is 17.3 Å². The molecule has 2 aromatic heterocycles. The predicted octanol–water partition coefficient (Wildman–Crippen LogP) is 4.49. The van der Waals surface area contributed by atoms with Gasteiger partial charge in [-0.05, 0) is 54.6 Å². The number of carbonyl (C=O) groups is 1. The molecule has 5 rings (SSSR count). The minimum Gasteiger partial charge on any atom is -0.497 e. The molecule has 0 saturated heterocycles. The van der Waals surface area contributed by atoms with Crippen LogP contribution in [0.2, 0.25) is 0 Å². The van der Waals surface area contributed by atoms with Gasteiger partial charge in [-0.2, -0.15) is 4.99 Å². The van der Waals surface area contributed by atoms with Crippen molar-refractivity contribution >= 4 is 29.0 Å². The zero-order valence-corrected chi connectivity index (χ0v) is 17.8. The number of nitrogens with zero attached hydrogens (tertiary/aromatic N) is 3. The summed E-state index contributed by atoms with van der Waals surface area (Å²) in [5.41, 5.74) is 10.1. The van der Waals surface area contributed by atoms with E-state index in [1.54, 1.807) is 50.0 Å². The number of hydrogen-bond donors (Lipinski definition) is 2. The van der Waals surface area contributed by atoms with Crippen molar-refractivity contribution in [3.05, 3.63) is 102 Å². The van der Waals surface area contributed by atoms with E-state index in [0.29, 0.717) is 23.0 Å². The fourth-order valence-electron chi connectivity index (χ4n) is 3.72. The molecule has 3 heterocycles. The largest absolute Gasteiger partial charge is 0.497 e. The van der Waals surface area contributed by atoms with Crippen LogP contribution in [-0.2, 0) is 0 Å². The van der Waals surface area contributed by atoms with Crippen molar-refractivity contribution in [2.75, 3.05) is 17.3 Å². The molecule has 0 fully saturated rings. The number of furan rings is 1. The summed E-state index contributed by atoms with van der Waals surface area (Å²) in [5.74, 6) is 1.53. The summed E-state index contributed by atoms with van der Waals surface area (Å²) in [6, 6.07) is 20.1. The first-order valence-electron chi connectivity index (χ1n) is 10.3. The minimum atomic E-state index is -0.519.